The molecule has 0 radical (unpaired) electrons. The summed E-state index contributed by atoms with van der Waals surface area (Å²) in [7, 11) is -3.72. The highest BCUT2D eigenvalue weighted by Gasteiger charge is 2.28. The lowest BCUT2D eigenvalue weighted by molar-refractivity contribution is -0.130. The molecule has 1 atom stereocenters. The molecular weight excluding hydrogens is 380 g/mol. The summed E-state index contributed by atoms with van der Waals surface area (Å²) in [6, 6.07) is 13.7. The van der Waals surface area contributed by atoms with E-state index in [-0.39, 0.29) is 24.0 Å². The van der Waals surface area contributed by atoms with Crippen molar-refractivity contribution in [2.75, 3.05) is 6.61 Å². The summed E-state index contributed by atoms with van der Waals surface area (Å²) in [5.41, 5.74) is -0.125. The smallest absolute Gasteiger partial charge is 0.264 e. The topological polar surface area (TPSA) is 93.7 Å². The van der Waals surface area contributed by atoms with Crippen LogP contribution in [0.3, 0.4) is 0 Å². The highest BCUT2D eigenvalue weighted by molar-refractivity contribution is 7.89. The lowest BCUT2D eigenvalue weighted by atomic mass is 10.1. The molecule has 0 aliphatic carbocycles. The summed E-state index contributed by atoms with van der Waals surface area (Å²) >= 11 is 0. The first-order valence-corrected chi connectivity index (χ1v) is 10.4. The average molecular weight is 404 g/mol. The average Bonchev–Trinajstić information content (AvgIpc) is 2.64. The number of hydrogen-bond donors (Lipinski definition) is 2. The summed E-state index contributed by atoms with van der Waals surface area (Å²) < 4.78 is 39.2. The minimum atomic E-state index is -3.72. The minimum absolute atomic E-state index is 0.0571. The molecule has 1 amide bonds. The highest BCUT2D eigenvalue weighted by Crippen LogP contribution is 2.30. The maximum Gasteiger partial charge on any atom is 0.264 e. The number of sulfonamides is 1. The first-order valence-electron chi connectivity index (χ1n) is 8.94. The van der Waals surface area contributed by atoms with Crippen molar-refractivity contribution >= 4 is 15.9 Å². The van der Waals surface area contributed by atoms with Crippen LogP contribution in [0.15, 0.2) is 53.4 Å². The molecule has 8 heteroatoms. The summed E-state index contributed by atoms with van der Waals surface area (Å²) in [5.74, 6) is 0.730. The van der Waals surface area contributed by atoms with Crippen molar-refractivity contribution in [2.45, 2.75) is 43.9 Å². The van der Waals surface area contributed by atoms with Crippen LogP contribution in [-0.2, 0) is 21.4 Å². The van der Waals surface area contributed by atoms with Crippen LogP contribution in [0.1, 0.15) is 26.3 Å². The van der Waals surface area contributed by atoms with Gasteiger partial charge in [-0.05, 0) is 44.5 Å². The molecular formula is C20H24N2O5S. The number of nitrogens with one attached hydrogen (secondary N) is 2. The van der Waals surface area contributed by atoms with E-state index in [4.69, 9.17) is 9.47 Å². The summed E-state index contributed by atoms with van der Waals surface area (Å²) in [6.45, 7) is 5.46. The monoisotopic (exact) mass is 404 g/mol. The number of rotatable bonds is 5. The Morgan fingerprint density at radius 3 is 2.43 bits per heavy atom. The van der Waals surface area contributed by atoms with Crippen LogP contribution in [0, 0.1) is 0 Å². The van der Waals surface area contributed by atoms with Crippen LogP contribution in [-0.4, -0.2) is 32.6 Å². The van der Waals surface area contributed by atoms with Gasteiger partial charge in [-0.25, -0.2) is 13.1 Å². The normalized spacial score (nSPS) is 16.5. The quantitative estimate of drug-likeness (QED) is 0.797. The Bertz CT molecular complexity index is 967. The van der Waals surface area contributed by atoms with Crippen LogP contribution in [0.2, 0.25) is 0 Å². The second-order valence-electron chi connectivity index (χ2n) is 7.55. The van der Waals surface area contributed by atoms with Gasteiger partial charge in [0.2, 0.25) is 16.1 Å². The fraction of sp³-hybridized carbons (Fsp3) is 0.350. The maximum atomic E-state index is 12.7. The Morgan fingerprint density at radius 2 is 1.71 bits per heavy atom. The number of hydrogen-bond acceptors (Lipinski definition) is 5. The van der Waals surface area contributed by atoms with E-state index in [1.165, 1.54) is 6.07 Å². The largest absolute Gasteiger partial charge is 0.485 e. The van der Waals surface area contributed by atoms with Gasteiger partial charge in [0.1, 0.15) is 6.61 Å². The van der Waals surface area contributed by atoms with E-state index in [1.807, 2.05) is 6.07 Å². The van der Waals surface area contributed by atoms with Crippen LogP contribution in [0.5, 0.6) is 11.5 Å². The van der Waals surface area contributed by atoms with Crippen molar-refractivity contribution in [3.8, 4) is 11.5 Å². The number of amides is 1. The van der Waals surface area contributed by atoms with E-state index >= 15 is 0 Å². The predicted molar refractivity (Wildman–Crippen MR) is 105 cm³/mol. The number of carbonyl (C=O) groups is 1. The third-order valence-corrected chi connectivity index (χ3v) is 5.82. The summed E-state index contributed by atoms with van der Waals surface area (Å²) in [5, 5.41) is 2.74. The SMILES string of the molecule is CC(C)(C)NS(=O)(=O)c1ccccc1CNC(=O)C1COc2ccccc2O1. The summed E-state index contributed by atoms with van der Waals surface area (Å²) in [6.07, 6.45) is -0.800. The Labute approximate surface area is 165 Å². The molecule has 1 unspecified atom stereocenters. The van der Waals surface area contributed by atoms with Gasteiger partial charge in [0.05, 0.1) is 4.90 Å². The van der Waals surface area contributed by atoms with E-state index < -0.39 is 21.7 Å². The van der Waals surface area contributed by atoms with Gasteiger partial charge in [0.15, 0.2) is 11.5 Å². The molecule has 0 saturated heterocycles. The molecule has 0 aromatic heterocycles. The standard InChI is InChI=1S/C20H24N2O5S/c1-20(2,3)22-28(24,25)18-11-7-4-8-14(18)12-21-19(23)17-13-26-15-9-5-6-10-16(15)27-17/h4-11,17,22H,12-13H2,1-3H3,(H,21,23). The Kier molecular flexibility index (Phi) is 5.62. The minimum Gasteiger partial charge on any atom is -0.485 e. The maximum absolute atomic E-state index is 12.7. The van der Waals surface area contributed by atoms with Gasteiger partial charge in [0.25, 0.3) is 5.91 Å². The third-order valence-electron chi connectivity index (χ3n) is 3.96. The number of ether oxygens (including phenoxy) is 2. The van der Waals surface area contributed by atoms with E-state index in [9.17, 15) is 13.2 Å². The molecule has 0 fully saturated rings. The molecule has 3 rings (SSSR count). The Morgan fingerprint density at radius 1 is 1.07 bits per heavy atom. The molecule has 150 valence electrons. The van der Waals surface area contributed by atoms with Gasteiger partial charge < -0.3 is 14.8 Å². The van der Waals surface area contributed by atoms with Crippen molar-refractivity contribution in [3.05, 3.63) is 54.1 Å². The molecule has 1 heterocycles. The van der Waals surface area contributed by atoms with E-state index in [0.717, 1.165) is 0 Å². The first-order chi connectivity index (χ1) is 13.2. The molecule has 1 aliphatic heterocycles. The van der Waals surface area contributed by atoms with Gasteiger partial charge >= 0.3 is 0 Å². The zero-order valence-electron chi connectivity index (χ0n) is 16.1. The van der Waals surface area contributed by atoms with Crippen LogP contribution in [0.4, 0.5) is 0 Å². The van der Waals surface area contributed by atoms with E-state index in [2.05, 4.69) is 10.0 Å². The molecule has 28 heavy (non-hydrogen) atoms. The van der Waals surface area contributed by atoms with Crippen LogP contribution < -0.4 is 19.5 Å². The number of fused-ring (bicyclic) bond motifs is 1. The number of para-hydroxylation sites is 2. The van der Waals surface area contributed by atoms with Crippen molar-refractivity contribution in [2.24, 2.45) is 0 Å². The predicted octanol–water partition coefficient (Wildman–Crippen LogP) is 2.22. The molecule has 0 saturated carbocycles. The molecule has 2 aromatic carbocycles. The van der Waals surface area contributed by atoms with Crippen LogP contribution in [0.25, 0.3) is 0 Å². The second-order valence-corrected chi connectivity index (χ2v) is 9.20. The zero-order chi connectivity index (χ0) is 20.4. The lowest BCUT2D eigenvalue weighted by Gasteiger charge is -2.26. The van der Waals surface area contributed by atoms with Crippen molar-refractivity contribution in [1.82, 2.24) is 10.0 Å². The van der Waals surface area contributed by atoms with E-state index in [1.54, 1.807) is 57.2 Å². The molecule has 0 bridgehead atoms. The van der Waals surface area contributed by atoms with Crippen molar-refractivity contribution in [3.63, 3.8) is 0 Å². The fourth-order valence-electron chi connectivity index (χ4n) is 2.82. The number of carbonyl (C=O) groups excluding carboxylic acids is 1. The van der Waals surface area contributed by atoms with Gasteiger partial charge in [-0.15, -0.1) is 0 Å². The molecule has 2 aromatic rings. The fourth-order valence-corrected chi connectivity index (χ4v) is 4.47. The molecule has 7 nitrogen and oxygen atoms in total. The Hall–Kier alpha value is -2.58. The molecule has 0 spiro atoms. The number of benzene rings is 2. The van der Waals surface area contributed by atoms with Gasteiger partial charge in [-0.3, -0.25) is 4.79 Å². The summed E-state index contributed by atoms with van der Waals surface area (Å²) in [4.78, 5) is 12.6. The van der Waals surface area contributed by atoms with Gasteiger partial charge in [-0.2, -0.15) is 0 Å². The lowest BCUT2D eigenvalue weighted by Crippen LogP contribution is -2.44. The molecule has 2 N–H and O–H groups in total. The van der Waals surface area contributed by atoms with Gasteiger partial charge in [0, 0.05) is 12.1 Å². The molecule has 1 aliphatic rings. The van der Waals surface area contributed by atoms with Gasteiger partial charge in [-0.1, -0.05) is 30.3 Å². The third kappa shape index (κ3) is 4.82. The first kappa shape index (κ1) is 20.2. The Balaban J connectivity index is 1.70. The van der Waals surface area contributed by atoms with Crippen molar-refractivity contribution < 1.29 is 22.7 Å². The second kappa shape index (κ2) is 7.81. The zero-order valence-corrected chi connectivity index (χ0v) is 16.9. The van der Waals surface area contributed by atoms with Crippen LogP contribution >= 0.6 is 0 Å². The van der Waals surface area contributed by atoms with E-state index in [0.29, 0.717) is 17.1 Å². The highest BCUT2D eigenvalue weighted by atomic mass is 32.2. The van der Waals surface area contributed by atoms with Crippen molar-refractivity contribution in [1.29, 1.82) is 0 Å².